The molecule has 1 aromatic heterocycles. The largest absolute Gasteiger partial charge is 0.489 e. The molecule has 2 heteroatoms. The molecule has 0 saturated heterocycles. The van der Waals surface area contributed by atoms with E-state index >= 15 is 0 Å². The van der Waals surface area contributed by atoms with Gasteiger partial charge >= 0.3 is 0 Å². The SMILES string of the molecule is Cc1cc(C)cc(-c2cncc(COc3ccccc3)c2)c1. The van der Waals surface area contributed by atoms with Gasteiger partial charge in [0.05, 0.1) is 0 Å². The topological polar surface area (TPSA) is 22.1 Å². The van der Waals surface area contributed by atoms with Crippen LogP contribution in [0.3, 0.4) is 0 Å². The third-order valence-electron chi connectivity index (χ3n) is 3.50. The van der Waals surface area contributed by atoms with Gasteiger partial charge in [0.1, 0.15) is 12.4 Å². The second-order valence-corrected chi connectivity index (χ2v) is 5.56. The van der Waals surface area contributed by atoms with E-state index < -0.39 is 0 Å². The van der Waals surface area contributed by atoms with Gasteiger partial charge < -0.3 is 4.74 Å². The van der Waals surface area contributed by atoms with Gasteiger partial charge in [-0.2, -0.15) is 0 Å². The van der Waals surface area contributed by atoms with Gasteiger partial charge in [-0.3, -0.25) is 4.98 Å². The number of benzene rings is 2. The molecule has 0 spiro atoms. The third-order valence-corrected chi connectivity index (χ3v) is 3.50. The summed E-state index contributed by atoms with van der Waals surface area (Å²) in [5, 5.41) is 0. The number of rotatable bonds is 4. The van der Waals surface area contributed by atoms with Gasteiger partial charge in [0, 0.05) is 23.5 Å². The standard InChI is InChI=1S/C20H19NO/c1-15-8-16(2)10-18(9-15)19-11-17(12-21-13-19)14-22-20-6-4-3-5-7-20/h3-13H,14H2,1-2H3. The fourth-order valence-corrected chi connectivity index (χ4v) is 2.55. The van der Waals surface area contributed by atoms with Crippen LogP contribution in [0.5, 0.6) is 5.75 Å². The molecule has 0 radical (unpaired) electrons. The van der Waals surface area contributed by atoms with Gasteiger partial charge in [-0.15, -0.1) is 0 Å². The van der Waals surface area contributed by atoms with Gasteiger partial charge in [-0.05, 0) is 37.6 Å². The van der Waals surface area contributed by atoms with E-state index in [1.54, 1.807) is 0 Å². The van der Waals surface area contributed by atoms with E-state index in [1.807, 2.05) is 42.7 Å². The zero-order valence-electron chi connectivity index (χ0n) is 12.9. The second-order valence-electron chi connectivity index (χ2n) is 5.56. The molecule has 0 atom stereocenters. The monoisotopic (exact) mass is 289 g/mol. The molecule has 0 aliphatic heterocycles. The van der Waals surface area contributed by atoms with Crippen LogP contribution in [0.2, 0.25) is 0 Å². The minimum absolute atomic E-state index is 0.523. The van der Waals surface area contributed by atoms with Crippen LogP contribution in [0.25, 0.3) is 11.1 Å². The molecule has 2 nitrogen and oxygen atoms in total. The first-order valence-electron chi connectivity index (χ1n) is 7.41. The second kappa shape index (κ2) is 6.44. The van der Waals surface area contributed by atoms with E-state index in [0.717, 1.165) is 16.9 Å². The predicted octanol–water partition coefficient (Wildman–Crippen LogP) is 4.94. The Labute approximate surface area is 131 Å². The molecule has 0 aliphatic carbocycles. The summed E-state index contributed by atoms with van der Waals surface area (Å²) in [4.78, 5) is 4.35. The molecule has 22 heavy (non-hydrogen) atoms. The number of ether oxygens (including phenoxy) is 1. The predicted molar refractivity (Wildman–Crippen MR) is 89.9 cm³/mol. The molecule has 3 rings (SSSR count). The molecular formula is C20H19NO. The lowest BCUT2D eigenvalue weighted by atomic mass is 10.0. The number of para-hydroxylation sites is 1. The quantitative estimate of drug-likeness (QED) is 0.678. The smallest absolute Gasteiger partial charge is 0.119 e. The third kappa shape index (κ3) is 3.53. The van der Waals surface area contributed by atoms with E-state index in [-0.39, 0.29) is 0 Å². The fraction of sp³-hybridized carbons (Fsp3) is 0.150. The Bertz CT molecular complexity index is 745. The normalized spacial score (nSPS) is 10.5. The maximum Gasteiger partial charge on any atom is 0.119 e. The molecule has 110 valence electrons. The van der Waals surface area contributed by atoms with Crippen molar-refractivity contribution in [3.05, 3.63) is 83.7 Å². The van der Waals surface area contributed by atoms with Gasteiger partial charge in [0.2, 0.25) is 0 Å². The van der Waals surface area contributed by atoms with E-state index in [4.69, 9.17) is 4.74 Å². The van der Waals surface area contributed by atoms with Crippen molar-refractivity contribution in [2.75, 3.05) is 0 Å². The number of aromatic nitrogens is 1. The Hall–Kier alpha value is -2.61. The average molecular weight is 289 g/mol. The van der Waals surface area contributed by atoms with Crippen molar-refractivity contribution in [3.63, 3.8) is 0 Å². The molecular weight excluding hydrogens is 270 g/mol. The van der Waals surface area contributed by atoms with Crippen molar-refractivity contribution in [2.24, 2.45) is 0 Å². The molecule has 0 aliphatic rings. The average Bonchev–Trinajstić information content (AvgIpc) is 2.53. The van der Waals surface area contributed by atoms with E-state index in [9.17, 15) is 0 Å². The summed E-state index contributed by atoms with van der Waals surface area (Å²) < 4.78 is 5.79. The molecule has 2 aromatic carbocycles. The van der Waals surface area contributed by atoms with E-state index in [2.05, 4.69) is 43.1 Å². The van der Waals surface area contributed by atoms with E-state index in [1.165, 1.54) is 16.7 Å². The van der Waals surface area contributed by atoms with Crippen LogP contribution in [-0.2, 0) is 6.61 Å². The summed E-state index contributed by atoms with van der Waals surface area (Å²) in [7, 11) is 0. The number of pyridine rings is 1. The Kier molecular flexibility index (Phi) is 4.19. The molecule has 0 amide bonds. The van der Waals surface area contributed by atoms with Crippen molar-refractivity contribution in [1.29, 1.82) is 0 Å². The molecule has 3 aromatic rings. The van der Waals surface area contributed by atoms with Crippen LogP contribution in [-0.4, -0.2) is 4.98 Å². The highest BCUT2D eigenvalue weighted by molar-refractivity contribution is 5.64. The number of aryl methyl sites for hydroxylation is 2. The van der Waals surface area contributed by atoms with Crippen molar-refractivity contribution in [1.82, 2.24) is 4.98 Å². The van der Waals surface area contributed by atoms with Crippen LogP contribution in [0.15, 0.2) is 67.0 Å². The summed E-state index contributed by atoms with van der Waals surface area (Å²) in [6.45, 7) is 4.76. The summed E-state index contributed by atoms with van der Waals surface area (Å²) in [5.41, 5.74) is 5.93. The van der Waals surface area contributed by atoms with Crippen molar-refractivity contribution < 1.29 is 4.74 Å². The van der Waals surface area contributed by atoms with Gasteiger partial charge in [-0.1, -0.05) is 47.5 Å². The van der Waals surface area contributed by atoms with Crippen LogP contribution >= 0.6 is 0 Å². The maximum atomic E-state index is 5.79. The molecule has 1 heterocycles. The summed E-state index contributed by atoms with van der Waals surface area (Å²) >= 11 is 0. The Morgan fingerprint density at radius 1 is 0.818 bits per heavy atom. The molecule has 0 unspecified atom stereocenters. The number of hydrogen-bond acceptors (Lipinski definition) is 2. The summed E-state index contributed by atoms with van der Waals surface area (Å²) in [6, 6.07) is 18.5. The lowest BCUT2D eigenvalue weighted by molar-refractivity contribution is 0.306. The van der Waals surface area contributed by atoms with Crippen LogP contribution < -0.4 is 4.74 Å². The summed E-state index contributed by atoms with van der Waals surface area (Å²) in [5.74, 6) is 0.874. The van der Waals surface area contributed by atoms with E-state index in [0.29, 0.717) is 6.61 Å². The molecule has 0 saturated carbocycles. The first-order valence-corrected chi connectivity index (χ1v) is 7.41. The maximum absolute atomic E-state index is 5.79. The molecule has 0 bridgehead atoms. The highest BCUT2D eigenvalue weighted by Crippen LogP contribution is 2.23. The molecule has 0 fully saturated rings. The first kappa shape index (κ1) is 14.3. The minimum Gasteiger partial charge on any atom is -0.489 e. The fourth-order valence-electron chi connectivity index (χ4n) is 2.55. The zero-order chi connectivity index (χ0) is 15.4. The highest BCUT2D eigenvalue weighted by Gasteiger charge is 2.03. The Balaban J connectivity index is 1.80. The highest BCUT2D eigenvalue weighted by atomic mass is 16.5. The molecule has 0 N–H and O–H groups in total. The lowest BCUT2D eigenvalue weighted by Gasteiger charge is -2.09. The van der Waals surface area contributed by atoms with Crippen molar-refractivity contribution in [3.8, 4) is 16.9 Å². The van der Waals surface area contributed by atoms with Crippen molar-refractivity contribution >= 4 is 0 Å². The van der Waals surface area contributed by atoms with Gasteiger partial charge in [-0.25, -0.2) is 0 Å². The Morgan fingerprint density at radius 3 is 2.27 bits per heavy atom. The van der Waals surface area contributed by atoms with Crippen LogP contribution in [0.1, 0.15) is 16.7 Å². The Morgan fingerprint density at radius 2 is 1.55 bits per heavy atom. The van der Waals surface area contributed by atoms with Gasteiger partial charge in [0.25, 0.3) is 0 Å². The lowest BCUT2D eigenvalue weighted by Crippen LogP contribution is -1.96. The van der Waals surface area contributed by atoms with Crippen LogP contribution in [0, 0.1) is 13.8 Å². The number of hydrogen-bond donors (Lipinski definition) is 0. The number of nitrogens with zero attached hydrogens (tertiary/aromatic N) is 1. The minimum atomic E-state index is 0.523. The first-order chi connectivity index (χ1) is 10.7. The van der Waals surface area contributed by atoms with Gasteiger partial charge in [0.15, 0.2) is 0 Å². The van der Waals surface area contributed by atoms with Crippen molar-refractivity contribution in [2.45, 2.75) is 20.5 Å². The zero-order valence-corrected chi connectivity index (χ0v) is 12.9. The van der Waals surface area contributed by atoms with Crippen LogP contribution in [0.4, 0.5) is 0 Å². The summed E-state index contributed by atoms with van der Waals surface area (Å²) in [6.07, 6.45) is 3.76.